The van der Waals surface area contributed by atoms with Gasteiger partial charge in [0.25, 0.3) is 0 Å². The number of hydrogen-bond acceptors (Lipinski definition) is 5. The van der Waals surface area contributed by atoms with Gasteiger partial charge in [0.05, 0.1) is 16.8 Å². The molecular formula is C12H12N2O3S. The van der Waals surface area contributed by atoms with Crippen molar-refractivity contribution in [1.29, 1.82) is 0 Å². The Hall–Kier alpha value is -2.08. The van der Waals surface area contributed by atoms with E-state index in [0.717, 1.165) is 6.26 Å². The summed E-state index contributed by atoms with van der Waals surface area (Å²) in [5.41, 5.74) is 6.11. The third kappa shape index (κ3) is 2.78. The first kappa shape index (κ1) is 12.4. The molecule has 1 aromatic carbocycles. The van der Waals surface area contributed by atoms with E-state index in [-0.39, 0.29) is 4.90 Å². The number of anilines is 1. The summed E-state index contributed by atoms with van der Waals surface area (Å²) in [5.74, 6) is 0.998. The monoisotopic (exact) mass is 264 g/mol. The standard InChI is InChI=1S/C12H12N2O3S/c1-18(15,16)10-4-2-9(3-5-10)17-12-6-7-14-8-11(12)13/h2-8H,13H2,1H3. The second kappa shape index (κ2) is 4.66. The molecule has 5 nitrogen and oxygen atoms in total. The largest absolute Gasteiger partial charge is 0.455 e. The topological polar surface area (TPSA) is 82.3 Å². The van der Waals surface area contributed by atoms with Crippen molar-refractivity contribution < 1.29 is 13.2 Å². The predicted molar refractivity (Wildman–Crippen MR) is 68.3 cm³/mol. The number of sulfone groups is 1. The van der Waals surface area contributed by atoms with Crippen LogP contribution in [0.25, 0.3) is 0 Å². The van der Waals surface area contributed by atoms with Gasteiger partial charge in [-0.05, 0) is 24.3 Å². The highest BCUT2D eigenvalue weighted by Crippen LogP contribution is 2.26. The Morgan fingerprint density at radius 1 is 1.17 bits per heavy atom. The molecule has 0 aliphatic carbocycles. The smallest absolute Gasteiger partial charge is 0.175 e. The van der Waals surface area contributed by atoms with Crippen LogP contribution in [0, 0.1) is 0 Å². The quantitative estimate of drug-likeness (QED) is 0.915. The lowest BCUT2D eigenvalue weighted by Crippen LogP contribution is -1.97. The number of nitrogens with zero attached hydrogens (tertiary/aromatic N) is 1. The molecule has 0 unspecified atom stereocenters. The molecular weight excluding hydrogens is 252 g/mol. The molecule has 6 heteroatoms. The average molecular weight is 264 g/mol. The molecule has 0 amide bonds. The predicted octanol–water partition coefficient (Wildman–Crippen LogP) is 1.86. The van der Waals surface area contributed by atoms with Crippen molar-refractivity contribution in [2.24, 2.45) is 0 Å². The van der Waals surface area contributed by atoms with Crippen molar-refractivity contribution in [3.8, 4) is 11.5 Å². The van der Waals surface area contributed by atoms with Crippen molar-refractivity contribution in [3.63, 3.8) is 0 Å². The fourth-order valence-electron chi connectivity index (χ4n) is 1.37. The minimum absolute atomic E-state index is 0.248. The van der Waals surface area contributed by atoms with E-state index >= 15 is 0 Å². The van der Waals surface area contributed by atoms with E-state index in [9.17, 15) is 8.42 Å². The van der Waals surface area contributed by atoms with Crippen LogP contribution in [0.15, 0.2) is 47.6 Å². The van der Waals surface area contributed by atoms with Gasteiger partial charge in [-0.15, -0.1) is 0 Å². The van der Waals surface area contributed by atoms with Gasteiger partial charge in [0.2, 0.25) is 0 Å². The van der Waals surface area contributed by atoms with Gasteiger partial charge in [-0.1, -0.05) is 0 Å². The third-order valence-electron chi connectivity index (χ3n) is 2.29. The second-order valence-electron chi connectivity index (χ2n) is 3.76. The Morgan fingerprint density at radius 2 is 1.83 bits per heavy atom. The van der Waals surface area contributed by atoms with Gasteiger partial charge in [0, 0.05) is 18.5 Å². The van der Waals surface area contributed by atoms with Crippen LogP contribution in [0.1, 0.15) is 0 Å². The molecule has 2 N–H and O–H groups in total. The Morgan fingerprint density at radius 3 is 2.39 bits per heavy atom. The maximum Gasteiger partial charge on any atom is 0.175 e. The minimum atomic E-state index is -3.19. The number of nitrogen functional groups attached to an aromatic ring is 1. The molecule has 0 aliphatic heterocycles. The van der Waals surface area contributed by atoms with Crippen molar-refractivity contribution in [2.45, 2.75) is 4.90 Å². The van der Waals surface area contributed by atoms with Crippen molar-refractivity contribution in [3.05, 3.63) is 42.7 Å². The Balaban J connectivity index is 2.24. The van der Waals surface area contributed by atoms with E-state index in [2.05, 4.69) is 4.98 Å². The summed E-state index contributed by atoms with van der Waals surface area (Å²) in [6.07, 6.45) is 4.21. The van der Waals surface area contributed by atoms with Gasteiger partial charge in [0.15, 0.2) is 15.6 Å². The van der Waals surface area contributed by atoms with E-state index in [1.165, 1.54) is 18.3 Å². The summed E-state index contributed by atoms with van der Waals surface area (Å²) in [5, 5.41) is 0. The molecule has 0 aliphatic rings. The zero-order valence-electron chi connectivity index (χ0n) is 9.70. The van der Waals surface area contributed by atoms with E-state index < -0.39 is 9.84 Å². The SMILES string of the molecule is CS(=O)(=O)c1ccc(Oc2ccncc2N)cc1. The van der Waals surface area contributed by atoms with Crippen molar-refractivity contribution in [1.82, 2.24) is 4.98 Å². The highest BCUT2D eigenvalue weighted by atomic mass is 32.2. The molecule has 2 aromatic rings. The number of aromatic nitrogens is 1. The number of ether oxygens (including phenoxy) is 1. The summed E-state index contributed by atoms with van der Waals surface area (Å²) in [6, 6.07) is 7.77. The summed E-state index contributed by atoms with van der Waals surface area (Å²) < 4.78 is 28.1. The number of hydrogen-bond donors (Lipinski definition) is 1. The van der Waals surface area contributed by atoms with Crippen molar-refractivity contribution >= 4 is 15.5 Å². The lowest BCUT2D eigenvalue weighted by atomic mass is 10.3. The van der Waals surface area contributed by atoms with Gasteiger partial charge in [-0.2, -0.15) is 0 Å². The van der Waals surface area contributed by atoms with Gasteiger partial charge < -0.3 is 10.5 Å². The van der Waals surface area contributed by atoms with Crippen LogP contribution in [0.5, 0.6) is 11.5 Å². The fourth-order valence-corrected chi connectivity index (χ4v) is 2.00. The molecule has 0 radical (unpaired) electrons. The van der Waals surface area contributed by atoms with Gasteiger partial charge in [-0.25, -0.2) is 8.42 Å². The molecule has 18 heavy (non-hydrogen) atoms. The maximum atomic E-state index is 11.3. The summed E-state index contributed by atoms with van der Waals surface area (Å²) in [6.45, 7) is 0. The molecule has 1 aromatic heterocycles. The van der Waals surface area contributed by atoms with E-state index in [1.54, 1.807) is 24.4 Å². The molecule has 0 spiro atoms. The van der Waals surface area contributed by atoms with Crippen LogP contribution >= 0.6 is 0 Å². The van der Waals surface area contributed by atoms with Gasteiger partial charge >= 0.3 is 0 Å². The molecule has 0 atom stereocenters. The third-order valence-corrected chi connectivity index (χ3v) is 3.42. The molecule has 0 saturated heterocycles. The molecule has 2 rings (SSSR count). The zero-order valence-corrected chi connectivity index (χ0v) is 10.5. The Kier molecular flexibility index (Phi) is 3.20. The Labute approximate surface area is 105 Å². The summed E-state index contributed by atoms with van der Waals surface area (Å²) >= 11 is 0. The highest BCUT2D eigenvalue weighted by Gasteiger charge is 2.07. The average Bonchev–Trinajstić information content (AvgIpc) is 2.32. The lowest BCUT2D eigenvalue weighted by Gasteiger charge is -2.08. The molecule has 94 valence electrons. The first-order valence-corrected chi connectivity index (χ1v) is 7.03. The first-order valence-electron chi connectivity index (χ1n) is 5.14. The maximum absolute atomic E-state index is 11.3. The molecule has 0 fully saturated rings. The molecule has 0 saturated carbocycles. The zero-order chi connectivity index (χ0) is 13.2. The fraction of sp³-hybridized carbons (Fsp3) is 0.0833. The van der Waals surface area contributed by atoms with E-state index in [4.69, 9.17) is 10.5 Å². The van der Waals surface area contributed by atoms with E-state index in [0.29, 0.717) is 17.2 Å². The van der Waals surface area contributed by atoms with Crippen LogP contribution in [0.3, 0.4) is 0 Å². The van der Waals surface area contributed by atoms with Crippen LogP contribution < -0.4 is 10.5 Å². The van der Waals surface area contributed by atoms with Crippen molar-refractivity contribution in [2.75, 3.05) is 12.0 Å². The van der Waals surface area contributed by atoms with Crippen LogP contribution in [0.2, 0.25) is 0 Å². The van der Waals surface area contributed by atoms with Gasteiger partial charge in [-0.3, -0.25) is 4.98 Å². The highest BCUT2D eigenvalue weighted by molar-refractivity contribution is 7.90. The number of benzene rings is 1. The van der Waals surface area contributed by atoms with E-state index in [1.807, 2.05) is 0 Å². The summed E-state index contributed by atoms with van der Waals surface area (Å²) in [4.78, 5) is 4.10. The normalized spacial score (nSPS) is 11.2. The summed E-state index contributed by atoms with van der Waals surface area (Å²) in [7, 11) is -3.19. The number of pyridine rings is 1. The minimum Gasteiger partial charge on any atom is -0.455 e. The van der Waals surface area contributed by atoms with Gasteiger partial charge in [0.1, 0.15) is 5.75 Å². The Bertz CT molecular complexity index is 651. The van der Waals surface area contributed by atoms with Crippen LogP contribution in [-0.2, 0) is 9.84 Å². The molecule has 0 bridgehead atoms. The number of nitrogens with two attached hydrogens (primary N) is 1. The number of rotatable bonds is 3. The van der Waals surface area contributed by atoms with Crippen LogP contribution in [0.4, 0.5) is 5.69 Å². The first-order chi connectivity index (χ1) is 8.47. The molecule has 1 heterocycles. The van der Waals surface area contributed by atoms with Crippen LogP contribution in [-0.4, -0.2) is 19.7 Å². The second-order valence-corrected chi connectivity index (χ2v) is 5.77. The lowest BCUT2D eigenvalue weighted by molar-refractivity contribution is 0.484.